The van der Waals surface area contributed by atoms with E-state index >= 15 is 0 Å². The van der Waals surface area contributed by atoms with E-state index in [0.717, 1.165) is 18.2 Å². The fourth-order valence-electron chi connectivity index (χ4n) is 2.82. The van der Waals surface area contributed by atoms with Crippen molar-refractivity contribution >= 4 is 29.6 Å². The normalized spacial score (nSPS) is 16.0. The van der Waals surface area contributed by atoms with E-state index in [1.54, 1.807) is 12.1 Å². The smallest absolute Gasteiger partial charge is 0.416 e. The van der Waals surface area contributed by atoms with Crippen LogP contribution in [0.2, 0.25) is 0 Å². The van der Waals surface area contributed by atoms with Crippen LogP contribution in [0.3, 0.4) is 0 Å². The third kappa shape index (κ3) is 3.97. The molecule has 1 heterocycles. The van der Waals surface area contributed by atoms with E-state index in [0.29, 0.717) is 28.0 Å². The van der Waals surface area contributed by atoms with E-state index in [9.17, 15) is 27.6 Å². The number of nitrogens with one attached hydrogen (secondary N) is 1. The number of anilines is 1. The first-order valence-electron chi connectivity index (χ1n) is 8.46. The minimum atomic E-state index is -4.67. The molecule has 1 saturated heterocycles. The molecule has 1 aliphatic rings. The SMILES string of the molecule is COc1ccc(OC)c(/C=C2/C(=O)NC(=O)N(c3cccc(C(F)(F)F)c3)C2=O)c1. The second-order valence-electron chi connectivity index (χ2n) is 6.11. The number of benzene rings is 2. The summed E-state index contributed by atoms with van der Waals surface area (Å²) in [5, 5.41) is 1.96. The summed E-state index contributed by atoms with van der Waals surface area (Å²) in [5.41, 5.74) is -1.53. The maximum absolute atomic E-state index is 13.0. The Morgan fingerprint density at radius 1 is 1.00 bits per heavy atom. The highest BCUT2D eigenvalue weighted by Crippen LogP contribution is 2.33. The van der Waals surface area contributed by atoms with Gasteiger partial charge in [0, 0.05) is 5.56 Å². The van der Waals surface area contributed by atoms with Crippen LogP contribution in [0.4, 0.5) is 23.7 Å². The van der Waals surface area contributed by atoms with Crippen LogP contribution in [0, 0.1) is 0 Å². The molecule has 1 fully saturated rings. The number of carbonyl (C=O) groups is 3. The van der Waals surface area contributed by atoms with Gasteiger partial charge in [0.25, 0.3) is 11.8 Å². The van der Waals surface area contributed by atoms with Gasteiger partial charge in [0.15, 0.2) is 0 Å². The van der Waals surface area contributed by atoms with Gasteiger partial charge >= 0.3 is 12.2 Å². The lowest BCUT2D eigenvalue weighted by Gasteiger charge is -2.27. The molecule has 30 heavy (non-hydrogen) atoms. The quantitative estimate of drug-likeness (QED) is 0.606. The zero-order valence-electron chi connectivity index (χ0n) is 15.7. The summed E-state index contributed by atoms with van der Waals surface area (Å²) in [7, 11) is 2.80. The lowest BCUT2D eigenvalue weighted by atomic mass is 10.1. The summed E-state index contributed by atoms with van der Waals surface area (Å²) in [6.07, 6.45) is -3.50. The molecule has 1 N–H and O–H groups in total. The number of urea groups is 1. The molecule has 7 nitrogen and oxygen atoms in total. The van der Waals surface area contributed by atoms with E-state index in [2.05, 4.69) is 0 Å². The van der Waals surface area contributed by atoms with Crippen molar-refractivity contribution in [2.75, 3.05) is 19.1 Å². The van der Waals surface area contributed by atoms with E-state index < -0.39 is 35.2 Å². The number of hydrogen-bond acceptors (Lipinski definition) is 5. The van der Waals surface area contributed by atoms with Crippen molar-refractivity contribution in [3.05, 3.63) is 59.2 Å². The number of ether oxygens (including phenoxy) is 2. The number of nitrogens with zero attached hydrogens (tertiary/aromatic N) is 1. The summed E-state index contributed by atoms with van der Waals surface area (Å²) in [5.74, 6) is -1.34. The molecule has 0 unspecified atom stereocenters. The van der Waals surface area contributed by atoms with Crippen LogP contribution in [0.25, 0.3) is 6.08 Å². The Morgan fingerprint density at radius 2 is 1.73 bits per heavy atom. The van der Waals surface area contributed by atoms with Gasteiger partial charge in [0.05, 0.1) is 25.5 Å². The Hall–Kier alpha value is -3.82. The second kappa shape index (κ2) is 7.90. The Labute approximate surface area is 168 Å². The molecule has 2 aromatic carbocycles. The predicted molar refractivity (Wildman–Crippen MR) is 100.0 cm³/mol. The van der Waals surface area contributed by atoms with Crippen LogP contribution in [-0.2, 0) is 15.8 Å². The molecule has 0 bridgehead atoms. The number of amides is 4. The van der Waals surface area contributed by atoms with Crippen molar-refractivity contribution in [1.29, 1.82) is 0 Å². The van der Waals surface area contributed by atoms with Gasteiger partial charge in [-0.05, 0) is 42.5 Å². The number of hydrogen-bond donors (Lipinski definition) is 1. The van der Waals surface area contributed by atoms with Crippen molar-refractivity contribution in [3.63, 3.8) is 0 Å². The van der Waals surface area contributed by atoms with Crippen LogP contribution in [-0.4, -0.2) is 32.1 Å². The van der Waals surface area contributed by atoms with Gasteiger partial charge in [-0.15, -0.1) is 0 Å². The average molecular weight is 420 g/mol. The molecule has 0 spiro atoms. The monoisotopic (exact) mass is 420 g/mol. The van der Waals surface area contributed by atoms with Gasteiger partial charge in [-0.3, -0.25) is 14.9 Å². The van der Waals surface area contributed by atoms with Gasteiger partial charge in [-0.2, -0.15) is 13.2 Å². The Bertz CT molecular complexity index is 1060. The van der Waals surface area contributed by atoms with Crippen molar-refractivity contribution in [2.24, 2.45) is 0 Å². The van der Waals surface area contributed by atoms with Gasteiger partial charge in [0.1, 0.15) is 17.1 Å². The summed E-state index contributed by atoms with van der Waals surface area (Å²) < 4.78 is 49.3. The van der Waals surface area contributed by atoms with Crippen LogP contribution in [0.1, 0.15) is 11.1 Å². The van der Waals surface area contributed by atoms with Gasteiger partial charge in [0.2, 0.25) is 0 Å². The standard InChI is InChI=1S/C20H15F3N2O5/c1-29-14-6-7-16(30-2)11(8-14)9-15-17(26)24-19(28)25(18(15)27)13-5-3-4-12(10-13)20(21,22)23/h3-10H,1-2H3,(H,24,26,28)/b15-9-. The maximum atomic E-state index is 13.0. The second-order valence-corrected chi connectivity index (χ2v) is 6.11. The predicted octanol–water partition coefficient (Wildman–Crippen LogP) is 3.39. The zero-order valence-corrected chi connectivity index (χ0v) is 15.7. The Morgan fingerprint density at radius 3 is 2.37 bits per heavy atom. The first-order valence-corrected chi connectivity index (χ1v) is 8.46. The molecule has 1 aliphatic heterocycles. The minimum Gasteiger partial charge on any atom is -0.497 e. The highest BCUT2D eigenvalue weighted by atomic mass is 19.4. The van der Waals surface area contributed by atoms with E-state index in [-0.39, 0.29) is 5.69 Å². The first-order chi connectivity index (χ1) is 14.2. The lowest BCUT2D eigenvalue weighted by molar-refractivity contribution is -0.137. The summed E-state index contributed by atoms with van der Waals surface area (Å²) in [6, 6.07) is 7.16. The summed E-state index contributed by atoms with van der Waals surface area (Å²) in [6.45, 7) is 0. The van der Waals surface area contributed by atoms with Gasteiger partial charge in [-0.25, -0.2) is 9.69 Å². The molecular formula is C20H15F3N2O5. The van der Waals surface area contributed by atoms with Crippen LogP contribution in [0.5, 0.6) is 11.5 Å². The molecule has 0 aliphatic carbocycles. The third-order valence-electron chi connectivity index (χ3n) is 4.27. The lowest BCUT2D eigenvalue weighted by Crippen LogP contribution is -2.54. The highest BCUT2D eigenvalue weighted by molar-refractivity contribution is 6.39. The Balaban J connectivity index is 2.07. The molecule has 10 heteroatoms. The number of alkyl halides is 3. The molecule has 0 atom stereocenters. The number of barbiturate groups is 1. The van der Waals surface area contributed by atoms with Crippen LogP contribution in [0.15, 0.2) is 48.0 Å². The van der Waals surface area contributed by atoms with Crippen LogP contribution < -0.4 is 19.7 Å². The van der Waals surface area contributed by atoms with Crippen molar-refractivity contribution in [1.82, 2.24) is 5.32 Å². The molecular weight excluding hydrogens is 405 g/mol. The topological polar surface area (TPSA) is 84.9 Å². The zero-order chi connectivity index (χ0) is 22.1. The van der Waals surface area contributed by atoms with Gasteiger partial charge in [-0.1, -0.05) is 6.07 Å². The fourth-order valence-corrected chi connectivity index (χ4v) is 2.82. The van der Waals surface area contributed by atoms with Crippen molar-refractivity contribution < 1.29 is 37.0 Å². The van der Waals surface area contributed by atoms with Gasteiger partial charge < -0.3 is 9.47 Å². The highest BCUT2D eigenvalue weighted by Gasteiger charge is 2.38. The summed E-state index contributed by atoms with van der Waals surface area (Å²) >= 11 is 0. The number of rotatable bonds is 4. The van der Waals surface area contributed by atoms with E-state index in [1.165, 1.54) is 26.4 Å². The maximum Gasteiger partial charge on any atom is 0.416 e. The fraction of sp³-hybridized carbons (Fsp3) is 0.150. The molecule has 0 aromatic heterocycles. The summed E-state index contributed by atoms with van der Waals surface area (Å²) in [4.78, 5) is 37.9. The molecule has 156 valence electrons. The number of imide groups is 2. The molecule has 4 amide bonds. The van der Waals surface area contributed by atoms with Crippen molar-refractivity contribution in [2.45, 2.75) is 6.18 Å². The van der Waals surface area contributed by atoms with Crippen molar-refractivity contribution in [3.8, 4) is 11.5 Å². The van der Waals surface area contributed by atoms with E-state index in [4.69, 9.17) is 9.47 Å². The molecule has 2 aromatic rings. The number of halogens is 3. The van der Waals surface area contributed by atoms with Crippen LogP contribution >= 0.6 is 0 Å². The third-order valence-corrected chi connectivity index (χ3v) is 4.27. The van der Waals surface area contributed by atoms with E-state index in [1.807, 2.05) is 5.32 Å². The number of carbonyl (C=O) groups excluding carboxylic acids is 3. The molecule has 3 rings (SSSR count). The molecule has 0 radical (unpaired) electrons. The average Bonchev–Trinajstić information content (AvgIpc) is 2.70. The minimum absolute atomic E-state index is 0.300. The number of methoxy groups -OCH3 is 2. The molecule has 0 saturated carbocycles. The Kier molecular flexibility index (Phi) is 5.50. The first kappa shape index (κ1) is 20.9. The largest absolute Gasteiger partial charge is 0.497 e.